The van der Waals surface area contributed by atoms with Crippen molar-refractivity contribution in [2.75, 3.05) is 31.2 Å². The average Bonchev–Trinajstić information content (AvgIpc) is 2.79. The van der Waals surface area contributed by atoms with E-state index in [-0.39, 0.29) is 34.7 Å². The summed E-state index contributed by atoms with van der Waals surface area (Å²) >= 11 is 0. The second-order valence-electron chi connectivity index (χ2n) is 7.46. The van der Waals surface area contributed by atoms with Gasteiger partial charge in [-0.15, -0.1) is 0 Å². The molecule has 0 N–H and O–H groups in total. The van der Waals surface area contributed by atoms with Crippen LogP contribution in [0, 0.1) is 5.92 Å². The Bertz CT molecular complexity index is 1090. The second-order valence-corrected chi connectivity index (χ2v) is 11.9. The lowest BCUT2D eigenvalue weighted by atomic mass is 9.90. The van der Waals surface area contributed by atoms with Crippen LogP contribution < -0.4 is 4.74 Å². The Hall–Kier alpha value is -2.23. The van der Waals surface area contributed by atoms with Crippen LogP contribution in [-0.4, -0.2) is 58.1 Å². The Morgan fingerprint density at radius 2 is 1.58 bits per heavy atom. The summed E-state index contributed by atoms with van der Waals surface area (Å²) in [6, 6.07) is 15.0. The molecule has 3 rings (SSSR count). The number of sulfone groups is 1. The van der Waals surface area contributed by atoms with Gasteiger partial charge in [0.05, 0.1) is 10.6 Å². The highest BCUT2D eigenvalue weighted by atomic mass is 32.2. The molecule has 1 saturated heterocycles. The number of piperidine rings is 1. The predicted octanol–water partition coefficient (Wildman–Crippen LogP) is 2.78. The number of Topliss-reactive ketones (excluding diaryl/α,β-unsaturated/α-hetero) is 1. The molecule has 2 aromatic rings. The van der Waals surface area contributed by atoms with E-state index >= 15 is 0 Å². The normalized spacial score (nSPS) is 16.2. The van der Waals surface area contributed by atoms with Crippen molar-refractivity contribution >= 4 is 25.6 Å². The number of hydrogen-bond acceptors (Lipinski definition) is 6. The monoisotopic (exact) mass is 465 g/mol. The Morgan fingerprint density at radius 1 is 0.968 bits per heavy atom. The van der Waals surface area contributed by atoms with Crippen molar-refractivity contribution in [3.63, 3.8) is 0 Å². The SMILES string of the molecule is CCS(=O)(=O)CCOc1ccc(S(=O)(=O)N2CCC(C(=O)c3ccccc3)CC2)cc1. The van der Waals surface area contributed by atoms with Crippen molar-refractivity contribution in [3.8, 4) is 5.75 Å². The van der Waals surface area contributed by atoms with Gasteiger partial charge >= 0.3 is 0 Å². The first kappa shape index (κ1) is 23.4. The van der Waals surface area contributed by atoms with E-state index in [1.54, 1.807) is 19.1 Å². The van der Waals surface area contributed by atoms with Crippen LogP contribution >= 0.6 is 0 Å². The highest BCUT2D eigenvalue weighted by Crippen LogP contribution is 2.27. The number of ketones is 1. The quantitative estimate of drug-likeness (QED) is 0.528. The molecule has 1 aliphatic heterocycles. The summed E-state index contributed by atoms with van der Waals surface area (Å²) in [6.45, 7) is 2.18. The molecule has 0 saturated carbocycles. The molecular formula is C22H27NO6S2. The van der Waals surface area contributed by atoms with Crippen LogP contribution in [0.5, 0.6) is 5.75 Å². The number of carbonyl (C=O) groups excluding carboxylic acids is 1. The summed E-state index contributed by atoms with van der Waals surface area (Å²) in [4.78, 5) is 12.8. The zero-order chi connectivity index (χ0) is 22.5. The molecule has 9 heteroatoms. The summed E-state index contributed by atoms with van der Waals surface area (Å²) in [5.41, 5.74) is 0.658. The van der Waals surface area contributed by atoms with Gasteiger partial charge in [-0.3, -0.25) is 4.79 Å². The third kappa shape index (κ3) is 5.93. The van der Waals surface area contributed by atoms with E-state index in [0.717, 1.165) is 0 Å². The molecule has 0 aromatic heterocycles. The predicted molar refractivity (Wildman–Crippen MR) is 119 cm³/mol. The molecule has 2 aromatic carbocycles. The highest BCUT2D eigenvalue weighted by molar-refractivity contribution is 7.91. The van der Waals surface area contributed by atoms with E-state index in [1.165, 1.54) is 28.6 Å². The fourth-order valence-corrected chi connectivity index (χ4v) is 5.58. The van der Waals surface area contributed by atoms with Crippen LogP contribution in [0.4, 0.5) is 0 Å². The zero-order valence-corrected chi connectivity index (χ0v) is 19.1. The molecule has 7 nitrogen and oxygen atoms in total. The Labute approximate surface area is 184 Å². The third-order valence-corrected chi connectivity index (χ3v) is 9.03. The number of ether oxygens (including phenoxy) is 1. The molecule has 1 fully saturated rings. The number of hydrogen-bond donors (Lipinski definition) is 0. The fraction of sp³-hybridized carbons (Fsp3) is 0.409. The van der Waals surface area contributed by atoms with Gasteiger partial charge in [0.1, 0.15) is 12.4 Å². The lowest BCUT2D eigenvalue weighted by Crippen LogP contribution is -2.40. The van der Waals surface area contributed by atoms with E-state index in [9.17, 15) is 21.6 Å². The van der Waals surface area contributed by atoms with E-state index in [1.807, 2.05) is 18.2 Å². The van der Waals surface area contributed by atoms with Gasteiger partial charge < -0.3 is 4.74 Å². The van der Waals surface area contributed by atoms with Gasteiger partial charge in [0, 0.05) is 30.3 Å². The number of sulfonamides is 1. The minimum atomic E-state index is -3.67. The first-order chi connectivity index (χ1) is 14.7. The maximum atomic E-state index is 13.0. The molecule has 0 bridgehead atoms. The molecular weight excluding hydrogens is 438 g/mol. The lowest BCUT2D eigenvalue weighted by Gasteiger charge is -2.30. The standard InChI is InChI=1S/C22H27NO6S2/c1-2-30(25,26)17-16-29-20-8-10-21(11-9-20)31(27,28)23-14-12-19(13-15-23)22(24)18-6-4-3-5-7-18/h3-11,19H,2,12-17H2,1H3. The second kappa shape index (κ2) is 9.93. The van der Waals surface area contributed by atoms with Gasteiger partial charge in [-0.2, -0.15) is 4.31 Å². The van der Waals surface area contributed by atoms with Gasteiger partial charge in [-0.1, -0.05) is 37.3 Å². The van der Waals surface area contributed by atoms with E-state index < -0.39 is 19.9 Å². The van der Waals surface area contributed by atoms with Crippen LogP contribution in [0.3, 0.4) is 0 Å². The van der Waals surface area contributed by atoms with Crippen LogP contribution in [0.1, 0.15) is 30.1 Å². The van der Waals surface area contributed by atoms with Crippen LogP contribution in [0.25, 0.3) is 0 Å². The molecule has 168 valence electrons. The molecule has 1 heterocycles. The van der Waals surface area contributed by atoms with Crippen molar-refractivity contribution in [3.05, 3.63) is 60.2 Å². The highest BCUT2D eigenvalue weighted by Gasteiger charge is 2.32. The molecule has 1 aliphatic rings. The summed E-state index contributed by atoms with van der Waals surface area (Å²) in [5, 5.41) is 0. The first-order valence-corrected chi connectivity index (χ1v) is 13.5. The van der Waals surface area contributed by atoms with E-state index in [4.69, 9.17) is 4.74 Å². The summed E-state index contributed by atoms with van der Waals surface area (Å²) in [6.07, 6.45) is 0.972. The Morgan fingerprint density at radius 3 is 2.16 bits per heavy atom. The molecule has 0 aliphatic carbocycles. The van der Waals surface area contributed by atoms with Gasteiger partial charge in [-0.25, -0.2) is 16.8 Å². The average molecular weight is 466 g/mol. The smallest absolute Gasteiger partial charge is 0.243 e. The van der Waals surface area contributed by atoms with Crippen LogP contribution in [-0.2, 0) is 19.9 Å². The molecule has 31 heavy (non-hydrogen) atoms. The van der Waals surface area contributed by atoms with Crippen molar-refractivity contribution in [1.29, 1.82) is 0 Å². The minimum Gasteiger partial charge on any atom is -0.493 e. The van der Waals surface area contributed by atoms with Gasteiger partial charge in [0.15, 0.2) is 15.6 Å². The summed E-state index contributed by atoms with van der Waals surface area (Å²) in [7, 11) is -6.79. The number of rotatable bonds is 9. The van der Waals surface area contributed by atoms with Gasteiger partial charge in [0.25, 0.3) is 0 Å². The van der Waals surface area contributed by atoms with Gasteiger partial charge in [-0.05, 0) is 37.1 Å². The first-order valence-electron chi connectivity index (χ1n) is 10.3. The van der Waals surface area contributed by atoms with E-state index in [2.05, 4.69) is 0 Å². The van der Waals surface area contributed by atoms with Crippen molar-refractivity contribution in [2.45, 2.75) is 24.7 Å². The summed E-state index contributed by atoms with van der Waals surface area (Å²) < 4.78 is 55.7. The molecule has 0 spiro atoms. The van der Waals surface area contributed by atoms with E-state index in [0.29, 0.717) is 37.2 Å². The van der Waals surface area contributed by atoms with Crippen LogP contribution in [0.2, 0.25) is 0 Å². The largest absolute Gasteiger partial charge is 0.493 e. The third-order valence-electron chi connectivity index (χ3n) is 5.45. The Kier molecular flexibility index (Phi) is 7.51. The fourth-order valence-electron chi connectivity index (χ4n) is 3.48. The maximum absolute atomic E-state index is 13.0. The van der Waals surface area contributed by atoms with Crippen molar-refractivity contribution in [2.24, 2.45) is 5.92 Å². The van der Waals surface area contributed by atoms with Crippen molar-refractivity contribution in [1.82, 2.24) is 4.31 Å². The molecule has 0 radical (unpaired) electrons. The minimum absolute atomic E-state index is 0.0191. The molecule has 0 unspecified atom stereocenters. The number of benzene rings is 2. The number of carbonyl (C=O) groups is 1. The summed E-state index contributed by atoms with van der Waals surface area (Å²) in [5.74, 6) is 0.271. The van der Waals surface area contributed by atoms with Crippen molar-refractivity contribution < 1.29 is 26.4 Å². The number of nitrogens with zero attached hydrogens (tertiary/aromatic N) is 1. The molecule has 0 amide bonds. The Balaban J connectivity index is 1.58. The zero-order valence-electron chi connectivity index (χ0n) is 17.4. The van der Waals surface area contributed by atoms with Crippen LogP contribution in [0.15, 0.2) is 59.5 Å². The van der Waals surface area contributed by atoms with Gasteiger partial charge in [0.2, 0.25) is 10.0 Å². The maximum Gasteiger partial charge on any atom is 0.243 e. The topological polar surface area (TPSA) is 97.8 Å². The lowest BCUT2D eigenvalue weighted by molar-refractivity contribution is 0.0875. The molecule has 0 atom stereocenters.